The van der Waals surface area contributed by atoms with E-state index in [4.69, 9.17) is 11.6 Å². The summed E-state index contributed by atoms with van der Waals surface area (Å²) < 4.78 is 54.7. The first-order valence-corrected chi connectivity index (χ1v) is 8.91. The molecule has 5 nitrogen and oxygen atoms in total. The summed E-state index contributed by atoms with van der Waals surface area (Å²) in [5.41, 5.74) is -1.47. The summed E-state index contributed by atoms with van der Waals surface area (Å²) in [5.74, 6) is -0.673. The molecule has 152 valence electrons. The Morgan fingerprint density at radius 3 is 2.54 bits per heavy atom. The van der Waals surface area contributed by atoms with Gasteiger partial charge in [-0.2, -0.15) is 8.78 Å². The molecule has 1 aromatic carbocycles. The first kappa shape index (κ1) is 20.6. The van der Waals surface area contributed by atoms with Gasteiger partial charge in [0.05, 0.1) is 16.1 Å². The Morgan fingerprint density at radius 2 is 1.93 bits per heavy atom. The second-order valence-corrected chi connectivity index (χ2v) is 7.14. The zero-order valence-corrected chi connectivity index (χ0v) is 15.2. The van der Waals surface area contributed by atoms with E-state index in [0.717, 1.165) is 0 Å². The standard InChI is InChI=1S/C18H17ClF4N2O3/c19-12-6-9-5-10(8-24-13(9)7-14(12)28-17(22)23)15(26)25-11-1-3-18(27,4-2-11)16(20)21/h5-8,11,16-17,27H,1-4H2,(H,25,26)/t11-,18-. The number of benzene rings is 1. The van der Waals surface area contributed by atoms with Crippen molar-refractivity contribution in [3.8, 4) is 5.75 Å². The summed E-state index contributed by atoms with van der Waals surface area (Å²) in [5, 5.41) is 12.9. The molecule has 1 heterocycles. The molecule has 2 N–H and O–H groups in total. The largest absolute Gasteiger partial charge is 0.433 e. The van der Waals surface area contributed by atoms with Crippen LogP contribution in [0.4, 0.5) is 17.6 Å². The van der Waals surface area contributed by atoms with Gasteiger partial charge in [-0.25, -0.2) is 8.78 Å². The zero-order chi connectivity index (χ0) is 20.5. The summed E-state index contributed by atoms with van der Waals surface area (Å²) in [7, 11) is 0. The van der Waals surface area contributed by atoms with Crippen molar-refractivity contribution in [2.24, 2.45) is 0 Å². The number of pyridine rings is 1. The van der Waals surface area contributed by atoms with Gasteiger partial charge in [0.2, 0.25) is 0 Å². The molecule has 1 aliphatic rings. The van der Waals surface area contributed by atoms with Gasteiger partial charge >= 0.3 is 6.61 Å². The van der Waals surface area contributed by atoms with Crippen LogP contribution >= 0.6 is 11.6 Å². The van der Waals surface area contributed by atoms with Gasteiger partial charge in [0.1, 0.15) is 11.4 Å². The number of nitrogens with one attached hydrogen (secondary N) is 1. The second-order valence-electron chi connectivity index (χ2n) is 6.73. The number of alkyl halides is 4. The second kappa shape index (κ2) is 8.08. The van der Waals surface area contributed by atoms with Gasteiger partial charge in [0.25, 0.3) is 12.3 Å². The van der Waals surface area contributed by atoms with E-state index in [1.165, 1.54) is 24.4 Å². The SMILES string of the molecule is O=C(N[C@H]1CC[C@@](O)(C(F)F)CC1)c1cnc2cc(OC(F)F)c(Cl)cc2c1. The molecule has 0 atom stereocenters. The van der Waals surface area contributed by atoms with Crippen molar-refractivity contribution in [2.75, 3.05) is 0 Å². The van der Waals surface area contributed by atoms with Crippen LogP contribution in [0.2, 0.25) is 5.02 Å². The number of rotatable bonds is 5. The van der Waals surface area contributed by atoms with Gasteiger partial charge in [-0.1, -0.05) is 11.6 Å². The van der Waals surface area contributed by atoms with E-state index in [9.17, 15) is 27.5 Å². The highest BCUT2D eigenvalue weighted by molar-refractivity contribution is 6.32. The van der Waals surface area contributed by atoms with Crippen LogP contribution in [0, 0.1) is 0 Å². The number of hydrogen-bond acceptors (Lipinski definition) is 4. The Labute approximate surface area is 162 Å². The zero-order valence-electron chi connectivity index (χ0n) is 14.5. The average Bonchev–Trinajstić information content (AvgIpc) is 2.63. The van der Waals surface area contributed by atoms with Crippen LogP contribution in [0.5, 0.6) is 5.75 Å². The van der Waals surface area contributed by atoms with E-state index in [0.29, 0.717) is 10.9 Å². The molecule has 2 aromatic rings. The van der Waals surface area contributed by atoms with Crippen LogP contribution in [-0.2, 0) is 0 Å². The summed E-state index contributed by atoms with van der Waals surface area (Å²) in [6.45, 7) is -3.03. The third kappa shape index (κ3) is 4.47. The molecule has 0 saturated heterocycles. The van der Waals surface area contributed by atoms with Crippen LogP contribution in [0.3, 0.4) is 0 Å². The van der Waals surface area contributed by atoms with Crippen LogP contribution in [-0.4, -0.2) is 40.7 Å². The monoisotopic (exact) mass is 420 g/mol. The third-order valence-electron chi connectivity index (χ3n) is 4.81. The topological polar surface area (TPSA) is 71.5 Å². The molecular weight excluding hydrogens is 404 g/mol. The van der Waals surface area contributed by atoms with Gasteiger partial charge < -0.3 is 15.2 Å². The van der Waals surface area contributed by atoms with Crippen molar-refractivity contribution in [3.05, 3.63) is 35.0 Å². The van der Waals surface area contributed by atoms with E-state index < -0.39 is 24.5 Å². The number of carbonyl (C=O) groups excluding carboxylic acids is 1. The molecule has 0 aliphatic heterocycles. The summed E-state index contributed by atoms with van der Waals surface area (Å²) in [6, 6.07) is 3.76. The normalized spacial score (nSPS) is 22.6. The number of aromatic nitrogens is 1. The number of ether oxygens (including phenoxy) is 1. The molecular formula is C18H17ClF4N2O3. The van der Waals surface area contributed by atoms with Gasteiger partial charge in [0, 0.05) is 23.7 Å². The third-order valence-corrected chi connectivity index (χ3v) is 5.10. The van der Waals surface area contributed by atoms with E-state index in [1.807, 2.05) is 0 Å². The summed E-state index contributed by atoms with van der Waals surface area (Å²) >= 11 is 5.92. The van der Waals surface area contributed by atoms with Crippen molar-refractivity contribution in [1.29, 1.82) is 0 Å². The van der Waals surface area contributed by atoms with Crippen LogP contribution in [0.1, 0.15) is 36.0 Å². The Bertz CT molecular complexity index is 873. The number of hydrogen-bond donors (Lipinski definition) is 2. The maximum absolute atomic E-state index is 12.8. The Morgan fingerprint density at radius 1 is 1.25 bits per heavy atom. The van der Waals surface area contributed by atoms with Crippen molar-refractivity contribution < 1.29 is 32.2 Å². The first-order chi connectivity index (χ1) is 13.2. The van der Waals surface area contributed by atoms with Crippen LogP contribution < -0.4 is 10.1 Å². The molecule has 1 aliphatic carbocycles. The lowest BCUT2D eigenvalue weighted by Gasteiger charge is -2.35. The van der Waals surface area contributed by atoms with Crippen molar-refractivity contribution in [2.45, 2.75) is 50.4 Å². The van der Waals surface area contributed by atoms with Crippen molar-refractivity contribution in [1.82, 2.24) is 10.3 Å². The number of amides is 1. The van der Waals surface area contributed by atoms with Crippen molar-refractivity contribution >= 4 is 28.4 Å². The van der Waals surface area contributed by atoms with E-state index in [1.54, 1.807) is 0 Å². The highest BCUT2D eigenvalue weighted by Crippen LogP contribution is 2.34. The highest BCUT2D eigenvalue weighted by Gasteiger charge is 2.41. The predicted octanol–water partition coefficient (Wildman–Crippen LogP) is 4.16. The number of aliphatic hydroxyl groups is 1. The Kier molecular flexibility index (Phi) is 5.95. The minimum Gasteiger partial charge on any atom is -0.433 e. The van der Waals surface area contributed by atoms with Gasteiger partial charge in [-0.3, -0.25) is 9.78 Å². The molecule has 28 heavy (non-hydrogen) atoms. The molecule has 0 radical (unpaired) electrons. The van der Waals surface area contributed by atoms with Gasteiger partial charge in [-0.05, 0) is 37.8 Å². The molecule has 0 bridgehead atoms. The Balaban J connectivity index is 1.70. The maximum Gasteiger partial charge on any atom is 0.387 e. The maximum atomic E-state index is 12.8. The van der Waals surface area contributed by atoms with Crippen molar-refractivity contribution in [3.63, 3.8) is 0 Å². The average molecular weight is 421 g/mol. The smallest absolute Gasteiger partial charge is 0.387 e. The van der Waals surface area contributed by atoms with E-state index in [2.05, 4.69) is 15.0 Å². The quantitative estimate of drug-likeness (QED) is 0.713. The summed E-state index contributed by atoms with van der Waals surface area (Å²) in [4.78, 5) is 16.5. The minimum absolute atomic E-state index is 0.0503. The molecule has 10 heteroatoms. The number of nitrogens with zero attached hydrogens (tertiary/aromatic N) is 1. The fourth-order valence-electron chi connectivity index (χ4n) is 3.19. The van der Waals surface area contributed by atoms with Gasteiger partial charge in [0.15, 0.2) is 0 Å². The van der Waals surface area contributed by atoms with E-state index in [-0.39, 0.29) is 48.1 Å². The van der Waals surface area contributed by atoms with E-state index >= 15 is 0 Å². The lowest BCUT2D eigenvalue weighted by molar-refractivity contribution is -0.119. The molecule has 1 aromatic heterocycles. The molecule has 3 rings (SSSR count). The molecule has 1 amide bonds. The highest BCUT2D eigenvalue weighted by atomic mass is 35.5. The number of fused-ring (bicyclic) bond motifs is 1. The molecule has 1 saturated carbocycles. The Hall–Kier alpha value is -2.13. The summed E-state index contributed by atoms with van der Waals surface area (Å²) in [6.07, 6.45) is -1.29. The van der Waals surface area contributed by atoms with Crippen LogP contribution in [0.15, 0.2) is 24.4 Å². The number of carbonyl (C=O) groups is 1. The van der Waals surface area contributed by atoms with Crippen LogP contribution in [0.25, 0.3) is 10.9 Å². The fourth-order valence-corrected chi connectivity index (χ4v) is 3.41. The number of halogens is 5. The fraction of sp³-hybridized carbons (Fsp3) is 0.444. The molecule has 1 fully saturated rings. The molecule has 0 unspecified atom stereocenters. The lowest BCUT2D eigenvalue weighted by atomic mass is 9.82. The lowest BCUT2D eigenvalue weighted by Crippen LogP contribution is -2.46. The van der Waals surface area contributed by atoms with Gasteiger partial charge in [-0.15, -0.1) is 0 Å². The minimum atomic E-state index is -3.03. The first-order valence-electron chi connectivity index (χ1n) is 8.53. The predicted molar refractivity (Wildman–Crippen MR) is 94.1 cm³/mol. The molecule has 0 spiro atoms.